The minimum absolute atomic E-state index is 0.485. The lowest BCUT2D eigenvalue weighted by Crippen LogP contribution is -2.15. The average molecular weight is 244 g/mol. The van der Waals surface area contributed by atoms with Gasteiger partial charge in [0.1, 0.15) is 5.75 Å². The molecule has 1 N–H and O–H groups in total. The Labute approximate surface area is 106 Å². The minimum Gasteiger partial charge on any atom is -0.436 e. The number of rotatable bonds is 6. The third kappa shape index (κ3) is 3.78. The minimum atomic E-state index is 0.485. The SMILES string of the molecule is CCCNCc1cncc(Oc2cccnc2)n1. The van der Waals surface area contributed by atoms with E-state index in [1.807, 2.05) is 12.1 Å². The maximum atomic E-state index is 5.56. The van der Waals surface area contributed by atoms with Gasteiger partial charge in [0, 0.05) is 18.9 Å². The van der Waals surface area contributed by atoms with Gasteiger partial charge in [0.05, 0.1) is 18.1 Å². The van der Waals surface area contributed by atoms with E-state index in [4.69, 9.17) is 4.74 Å². The molecule has 2 aromatic rings. The summed E-state index contributed by atoms with van der Waals surface area (Å²) in [6.07, 6.45) is 7.77. The molecule has 94 valence electrons. The summed E-state index contributed by atoms with van der Waals surface area (Å²) >= 11 is 0. The lowest BCUT2D eigenvalue weighted by atomic mass is 10.4. The molecule has 5 heteroatoms. The number of ether oxygens (including phenoxy) is 1. The second kappa shape index (κ2) is 6.66. The van der Waals surface area contributed by atoms with Gasteiger partial charge < -0.3 is 10.1 Å². The Morgan fingerprint density at radius 3 is 2.94 bits per heavy atom. The Hall–Kier alpha value is -2.01. The first-order valence-electron chi connectivity index (χ1n) is 5.98. The first-order valence-corrected chi connectivity index (χ1v) is 5.98. The molecule has 0 aliphatic heterocycles. The average Bonchev–Trinajstić information content (AvgIpc) is 2.41. The van der Waals surface area contributed by atoms with Crippen molar-refractivity contribution in [2.45, 2.75) is 19.9 Å². The van der Waals surface area contributed by atoms with Gasteiger partial charge in [-0.15, -0.1) is 0 Å². The highest BCUT2D eigenvalue weighted by molar-refractivity contribution is 5.22. The summed E-state index contributed by atoms with van der Waals surface area (Å²) in [5, 5.41) is 3.27. The molecule has 0 aromatic carbocycles. The van der Waals surface area contributed by atoms with Gasteiger partial charge >= 0.3 is 0 Å². The van der Waals surface area contributed by atoms with E-state index in [0.717, 1.165) is 18.7 Å². The fraction of sp³-hybridized carbons (Fsp3) is 0.308. The van der Waals surface area contributed by atoms with Crippen molar-refractivity contribution in [2.75, 3.05) is 6.54 Å². The molecule has 0 aliphatic carbocycles. The highest BCUT2D eigenvalue weighted by Gasteiger charge is 2.01. The number of hydrogen-bond acceptors (Lipinski definition) is 5. The van der Waals surface area contributed by atoms with E-state index >= 15 is 0 Å². The number of pyridine rings is 1. The van der Waals surface area contributed by atoms with Crippen LogP contribution in [-0.4, -0.2) is 21.5 Å². The van der Waals surface area contributed by atoms with Crippen LogP contribution >= 0.6 is 0 Å². The summed E-state index contributed by atoms with van der Waals surface area (Å²) in [6, 6.07) is 3.64. The molecule has 0 unspecified atom stereocenters. The molecule has 5 nitrogen and oxygen atoms in total. The summed E-state index contributed by atoms with van der Waals surface area (Å²) in [4.78, 5) is 12.5. The molecule has 0 saturated carbocycles. The van der Waals surface area contributed by atoms with E-state index in [-0.39, 0.29) is 0 Å². The molecule has 2 heterocycles. The smallest absolute Gasteiger partial charge is 0.238 e. The zero-order valence-electron chi connectivity index (χ0n) is 10.3. The van der Waals surface area contributed by atoms with E-state index in [0.29, 0.717) is 18.2 Å². The summed E-state index contributed by atoms with van der Waals surface area (Å²) in [5.74, 6) is 1.14. The molecule has 0 fully saturated rings. The van der Waals surface area contributed by atoms with Crippen LogP contribution in [0.15, 0.2) is 36.9 Å². The van der Waals surface area contributed by atoms with Crippen LogP contribution in [0.1, 0.15) is 19.0 Å². The molecule has 18 heavy (non-hydrogen) atoms. The Morgan fingerprint density at radius 1 is 1.22 bits per heavy atom. The third-order valence-corrected chi connectivity index (χ3v) is 2.25. The van der Waals surface area contributed by atoms with Crippen molar-refractivity contribution in [3.63, 3.8) is 0 Å². The Morgan fingerprint density at radius 2 is 2.17 bits per heavy atom. The van der Waals surface area contributed by atoms with Gasteiger partial charge in [0.15, 0.2) is 0 Å². The van der Waals surface area contributed by atoms with E-state index in [1.54, 1.807) is 24.8 Å². The summed E-state index contributed by atoms with van der Waals surface area (Å²) < 4.78 is 5.56. The molecule has 0 spiro atoms. The predicted octanol–water partition coefficient (Wildman–Crippen LogP) is 2.16. The highest BCUT2D eigenvalue weighted by atomic mass is 16.5. The Bertz CT molecular complexity index is 475. The van der Waals surface area contributed by atoms with Crippen molar-refractivity contribution in [3.05, 3.63) is 42.6 Å². The first kappa shape index (κ1) is 12.4. The summed E-state index contributed by atoms with van der Waals surface area (Å²) in [6.45, 7) is 3.79. The van der Waals surface area contributed by atoms with Crippen LogP contribution in [0.4, 0.5) is 0 Å². The van der Waals surface area contributed by atoms with Crippen molar-refractivity contribution in [2.24, 2.45) is 0 Å². The van der Waals surface area contributed by atoms with Crippen molar-refractivity contribution in [3.8, 4) is 11.6 Å². The van der Waals surface area contributed by atoms with Gasteiger partial charge in [0.2, 0.25) is 5.88 Å². The van der Waals surface area contributed by atoms with E-state index in [2.05, 4.69) is 27.2 Å². The molecule has 0 amide bonds. The number of hydrogen-bond donors (Lipinski definition) is 1. The van der Waals surface area contributed by atoms with E-state index < -0.39 is 0 Å². The van der Waals surface area contributed by atoms with Crippen LogP contribution in [0, 0.1) is 0 Å². The molecule has 0 aliphatic rings. The van der Waals surface area contributed by atoms with Crippen molar-refractivity contribution < 1.29 is 4.74 Å². The lowest BCUT2D eigenvalue weighted by molar-refractivity contribution is 0.454. The molecule has 2 rings (SSSR count). The number of nitrogens with zero attached hydrogens (tertiary/aromatic N) is 3. The van der Waals surface area contributed by atoms with Gasteiger partial charge in [-0.3, -0.25) is 9.97 Å². The van der Waals surface area contributed by atoms with Crippen molar-refractivity contribution in [1.29, 1.82) is 0 Å². The maximum absolute atomic E-state index is 5.56. The lowest BCUT2D eigenvalue weighted by Gasteiger charge is -2.06. The van der Waals surface area contributed by atoms with Crippen LogP contribution in [0.25, 0.3) is 0 Å². The van der Waals surface area contributed by atoms with Crippen LogP contribution in [0.5, 0.6) is 11.6 Å². The quantitative estimate of drug-likeness (QED) is 0.789. The molecule has 0 radical (unpaired) electrons. The molecular formula is C13H16N4O. The number of aromatic nitrogens is 3. The standard InChI is InChI=1S/C13H16N4O/c1-2-5-14-7-11-8-16-10-13(17-11)18-12-4-3-6-15-9-12/h3-4,6,8-10,14H,2,5,7H2,1H3. The highest BCUT2D eigenvalue weighted by Crippen LogP contribution is 2.16. The fourth-order valence-corrected chi connectivity index (χ4v) is 1.44. The van der Waals surface area contributed by atoms with Gasteiger partial charge in [-0.1, -0.05) is 6.92 Å². The summed E-state index contributed by atoms with van der Waals surface area (Å²) in [5.41, 5.74) is 0.866. The normalized spacial score (nSPS) is 10.3. The molecule has 0 bridgehead atoms. The predicted molar refractivity (Wildman–Crippen MR) is 68.3 cm³/mol. The molecule has 2 aromatic heterocycles. The van der Waals surface area contributed by atoms with Gasteiger partial charge in [-0.05, 0) is 25.1 Å². The molecular weight excluding hydrogens is 228 g/mol. The number of nitrogens with one attached hydrogen (secondary N) is 1. The van der Waals surface area contributed by atoms with Gasteiger partial charge in [0.25, 0.3) is 0 Å². The zero-order valence-corrected chi connectivity index (χ0v) is 10.3. The molecule has 0 atom stereocenters. The van der Waals surface area contributed by atoms with Crippen LogP contribution in [0.2, 0.25) is 0 Å². The molecule has 0 saturated heterocycles. The topological polar surface area (TPSA) is 59.9 Å². The Kier molecular flexibility index (Phi) is 4.60. The fourth-order valence-electron chi connectivity index (χ4n) is 1.44. The van der Waals surface area contributed by atoms with Crippen LogP contribution < -0.4 is 10.1 Å². The van der Waals surface area contributed by atoms with Gasteiger partial charge in [-0.2, -0.15) is 0 Å². The largest absolute Gasteiger partial charge is 0.436 e. The zero-order chi connectivity index (χ0) is 12.6. The monoisotopic (exact) mass is 244 g/mol. The third-order valence-electron chi connectivity index (χ3n) is 2.25. The summed E-state index contributed by atoms with van der Waals surface area (Å²) in [7, 11) is 0. The maximum Gasteiger partial charge on any atom is 0.238 e. The second-order valence-electron chi connectivity index (χ2n) is 3.82. The Balaban J connectivity index is 1.99. The second-order valence-corrected chi connectivity index (χ2v) is 3.82. The van der Waals surface area contributed by atoms with E-state index in [9.17, 15) is 0 Å². The van der Waals surface area contributed by atoms with Crippen molar-refractivity contribution >= 4 is 0 Å². The first-order chi connectivity index (χ1) is 8.88. The van der Waals surface area contributed by atoms with Crippen LogP contribution in [-0.2, 0) is 6.54 Å². The van der Waals surface area contributed by atoms with Crippen LogP contribution in [0.3, 0.4) is 0 Å². The van der Waals surface area contributed by atoms with E-state index in [1.165, 1.54) is 0 Å². The van der Waals surface area contributed by atoms with Crippen molar-refractivity contribution in [1.82, 2.24) is 20.3 Å². The van der Waals surface area contributed by atoms with Gasteiger partial charge in [-0.25, -0.2) is 4.98 Å².